The molecule has 0 spiro atoms. The highest BCUT2D eigenvalue weighted by atomic mass is 79.9. The van der Waals surface area contributed by atoms with E-state index in [9.17, 15) is 8.42 Å². The fourth-order valence-electron chi connectivity index (χ4n) is 2.29. The molecule has 20 heavy (non-hydrogen) atoms. The van der Waals surface area contributed by atoms with E-state index in [2.05, 4.69) is 20.7 Å². The molecule has 2 atom stereocenters. The molecule has 0 bridgehead atoms. The summed E-state index contributed by atoms with van der Waals surface area (Å²) in [4.78, 5) is 0.207. The van der Waals surface area contributed by atoms with Crippen molar-refractivity contribution in [1.29, 1.82) is 0 Å². The van der Waals surface area contributed by atoms with Crippen LogP contribution in [0.15, 0.2) is 21.5 Å². The van der Waals surface area contributed by atoms with Crippen LogP contribution in [0.3, 0.4) is 0 Å². The maximum atomic E-state index is 12.6. The van der Waals surface area contributed by atoms with Gasteiger partial charge in [0.05, 0.1) is 16.5 Å². The lowest BCUT2D eigenvalue weighted by Gasteiger charge is -2.28. The Morgan fingerprint density at radius 3 is 2.70 bits per heavy atom. The van der Waals surface area contributed by atoms with Gasteiger partial charge in [0.2, 0.25) is 10.0 Å². The molecule has 2 unspecified atom stereocenters. The molecule has 1 aliphatic rings. The molecule has 1 saturated heterocycles. The largest absolute Gasteiger partial charge is 0.398 e. The van der Waals surface area contributed by atoms with Crippen molar-refractivity contribution in [1.82, 2.24) is 4.72 Å². The van der Waals surface area contributed by atoms with Crippen molar-refractivity contribution in [3.63, 3.8) is 0 Å². The first-order valence-electron chi connectivity index (χ1n) is 6.37. The maximum absolute atomic E-state index is 12.6. The Morgan fingerprint density at radius 2 is 2.15 bits per heavy atom. The number of nitrogen functional groups attached to an aromatic ring is 1. The maximum Gasteiger partial charge on any atom is 0.241 e. The Hall–Kier alpha value is -0.630. The van der Waals surface area contributed by atoms with E-state index in [1.165, 1.54) is 6.07 Å². The summed E-state index contributed by atoms with van der Waals surface area (Å²) >= 11 is 3.30. The fourth-order valence-corrected chi connectivity index (χ4v) is 4.50. The minimum absolute atomic E-state index is 0.162. The molecular weight excluding hydrogens is 344 g/mol. The highest BCUT2D eigenvalue weighted by molar-refractivity contribution is 9.10. The summed E-state index contributed by atoms with van der Waals surface area (Å²) in [7, 11) is -3.64. The zero-order valence-corrected chi connectivity index (χ0v) is 14.1. The van der Waals surface area contributed by atoms with Gasteiger partial charge in [-0.3, -0.25) is 0 Å². The van der Waals surface area contributed by atoms with Gasteiger partial charge in [-0.2, -0.15) is 0 Å². The minimum atomic E-state index is -3.64. The van der Waals surface area contributed by atoms with E-state index in [0.29, 0.717) is 28.8 Å². The monoisotopic (exact) mass is 362 g/mol. The molecular formula is C13H19BrN2O3S. The number of anilines is 1. The lowest BCUT2D eigenvalue weighted by Crippen LogP contribution is -2.50. The van der Waals surface area contributed by atoms with Gasteiger partial charge in [-0.15, -0.1) is 0 Å². The van der Waals surface area contributed by atoms with Crippen molar-refractivity contribution >= 4 is 31.6 Å². The molecule has 0 aromatic heterocycles. The van der Waals surface area contributed by atoms with Gasteiger partial charge in [0.25, 0.3) is 0 Å². The highest BCUT2D eigenvalue weighted by Crippen LogP contribution is 2.30. The van der Waals surface area contributed by atoms with Crippen molar-refractivity contribution in [2.24, 2.45) is 0 Å². The molecule has 1 heterocycles. The van der Waals surface area contributed by atoms with Gasteiger partial charge in [-0.05, 0) is 60.8 Å². The normalized spacial score (nSPS) is 26.9. The molecule has 2 rings (SSSR count). The summed E-state index contributed by atoms with van der Waals surface area (Å²) in [5.74, 6) is 0. The molecule has 5 nitrogen and oxygen atoms in total. The summed E-state index contributed by atoms with van der Waals surface area (Å²) in [6.07, 6.45) is 0.490. The van der Waals surface area contributed by atoms with Crippen molar-refractivity contribution in [3.05, 3.63) is 22.2 Å². The smallest absolute Gasteiger partial charge is 0.241 e. The number of rotatable bonds is 3. The van der Waals surface area contributed by atoms with Gasteiger partial charge in [0.15, 0.2) is 0 Å². The molecule has 1 aromatic carbocycles. The second-order valence-corrected chi connectivity index (χ2v) is 7.93. The summed E-state index contributed by atoms with van der Waals surface area (Å²) in [6, 6.07) is 3.19. The molecule has 0 amide bonds. The average Bonchev–Trinajstić information content (AvgIpc) is 2.63. The summed E-state index contributed by atoms with van der Waals surface area (Å²) in [5, 5.41) is 0. The van der Waals surface area contributed by atoms with E-state index < -0.39 is 15.6 Å². The SMILES string of the molecule is Cc1cc(Br)c(N)cc1S(=O)(=O)NC1(C)CCOC1C. The summed E-state index contributed by atoms with van der Waals surface area (Å²) < 4.78 is 34.1. The van der Waals surface area contributed by atoms with E-state index in [-0.39, 0.29) is 11.0 Å². The third kappa shape index (κ3) is 2.86. The van der Waals surface area contributed by atoms with Crippen LogP contribution in [-0.4, -0.2) is 26.7 Å². The van der Waals surface area contributed by atoms with Gasteiger partial charge in [-0.1, -0.05) is 0 Å². The third-order valence-corrected chi connectivity index (χ3v) is 6.28. The number of hydrogen-bond donors (Lipinski definition) is 2. The van der Waals surface area contributed by atoms with Gasteiger partial charge in [0, 0.05) is 16.8 Å². The Morgan fingerprint density at radius 1 is 1.50 bits per heavy atom. The second-order valence-electron chi connectivity index (χ2n) is 5.43. The zero-order valence-electron chi connectivity index (χ0n) is 11.7. The minimum Gasteiger partial charge on any atom is -0.398 e. The van der Waals surface area contributed by atoms with Crippen molar-refractivity contribution < 1.29 is 13.2 Å². The average molecular weight is 363 g/mol. The van der Waals surface area contributed by atoms with E-state index in [4.69, 9.17) is 10.5 Å². The van der Waals surface area contributed by atoms with E-state index in [0.717, 1.165) is 0 Å². The predicted octanol–water partition coefficient (Wildman–Crippen LogP) is 2.19. The number of ether oxygens (including phenoxy) is 1. The number of sulfonamides is 1. The molecule has 7 heteroatoms. The number of halogens is 1. The van der Waals surface area contributed by atoms with Crippen LogP contribution in [0.2, 0.25) is 0 Å². The van der Waals surface area contributed by atoms with Crippen LogP contribution in [0, 0.1) is 6.92 Å². The van der Waals surface area contributed by atoms with Crippen LogP contribution in [0.4, 0.5) is 5.69 Å². The Labute approximate surface area is 128 Å². The highest BCUT2D eigenvalue weighted by Gasteiger charge is 2.40. The van der Waals surface area contributed by atoms with Crippen LogP contribution >= 0.6 is 15.9 Å². The van der Waals surface area contributed by atoms with Crippen LogP contribution in [-0.2, 0) is 14.8 Å². The lowest BCUT2D eigenvalue weighted by molar-refractivity contribution is 0.0957. The van der Waals surface area contributed by atoms with Crippen molar-refractivity contribution in [2.45, 2.75) is 43.7 Å². The quantitative estimate of drug-likeness (QED) is 0.807. The van der Waals surface area contributed by atoms with Crippen LogP contribution in [0.1, 0.15) is 25.8 Å². The van der Waals surface area contributed by atoms with Gasteiger partial charge >= 0.3 is 0 Å². The van der Waals surface area contributed by atoms with Crippen LogP contribution in [0.25, 0.3) is 0 Å². The van der Waals surface area contributed by atoms with Gasteiger partial charge < -0.3 is 10.5 Å². The predicted molar refractivity (Wildman–Crippen MR) is 82.0 cm³/mol. The molecule has 1 fully saturated rings. The number of aryl methyl sites for hydroxylation is 1. The topological polar surface area (TPSA) is 81.4 Å². The van der Waals surface area contributed by atoms with E-state index in [1.54, 1.807) is 13.0 Å². The first kappa shape index (κ1) is 15.8. The van der Waals surface area contributed by atoms with Crippen LogP contribution < -0.4 is 10.5 Å². The van der Waals surface area contributed by atoms with E-state index >= 15 is 0 Å². The first-order valence-corrected chi connectivity index (χ1v) is 8.64. The Balaban J connectivity index is 2.39. The fraction of sp³-hybridized carbons (Fsp3) is 0.538. The molecule has 0 radical (unpaired) electrons. The number of hydrogen-bond acceptors (Lipinski definition) is 4. The number of nitrogens with one attached hydrogen (secondary N) is 1. The lowest BCUT2D eigenvalue weighted by atomic mass is 9.97. The molecule has 112 valence electrons. The zero-order chi connectivity index (χ0) is 15.1. The van der Waals surface area contributed by atoms with Crippen molar-refractivity contribution in [2.75, 3.05) is 12.3 Å². The standard InChI is InChI=1S/C13H19BrN2O3S/c1-8-6-10(14)11(15)7-12(8)20(17,18)16-13(3)4-5-19-9(13)2/h6-7,9,16H,4-5,15H2,1-3H3. The molecule has 1 aromatic rings. The number of nitrogens with two attached hydrogens (primary N) is 1. The van der Waals surface area contributed by atoms with Gasteiger partial charge in [-0.25, -0.2) is 13.1 Å². The molecule has 0 aliphatic carbocycles. The molecule has 3 N–H and O–H groups in total. The van der Waals surface area contributed by atoms with Crippen LogP contribution in [0.5, 0.6) is 0 Å². The van der Waals surface area contributed by atoms with Crippen molar-refractivity contribution in [3.8, 4) is 0 Å². The van der Waals surface area contributed by atoms with E-state index in [1.807, 2.05) is 13.8 Å². The molecule has 1 aliphatic heterocycles. The molecule has 0 saturated carbocycles. The Kier molecular flexibility index (Phi) is 4.17. The summed E-state index contributed by atoms with van der Waals surface area (Å²) in [5.41, 5.74) is 6.25. The summed E-state index contributed by atoms with van der Waals surface area (Å²) in [6.45, 7) is 6.04. The first-order chi connectivity index (χ1) is 9.16. The third-order valence-electron chi connectivity index (χ3n) is 3.84. The van der Waals surface area contributed by atoms with Gasteiger partial charge in [0.1, 0.15) is 0 Å². The second kappa shape index (κ2) is 5.29. The number of benzene rings is 1. The Bertz CT molecular complexity index is 633.